The molecule has 0 aliphatic carbocycles. The van der Waals surface area contributed by atoms with Crippen LogP contribution >= 0.6 is 0 Å². The Morgan fingerprint density at radius 1 is 1.14 bits per heavy atom. The zero-order valence-electron chi connectivity index (χ0n) is 21.9. The van der Waals surface area contributed by atoms with E-state index in [-0.39, 0.29) is 42.9 Å². The molecule has 37 heavy (non-hydrogen) atoms. The number of carbonyl (C=O) groups excluding carboxylic acids is 3. The first-order valence-electron chi connectivity index (χ1n) is 12.0. The maximum absolute atomic E-state index is 13.8. The predicted molar refractivity (Wildman–Crippen MR) is 133 cm³/mol. The molecular weight excluding hydrogens is 484 g/mol. The Kier molecular flexibility index (Phi) is 8.19. The van der Waals surface area contributed by atoms with Crippen LogP contribution in [0.2, 0.25) is 0 Å². The molecule has 1 N–H and O–H groups in total. The van der Waals surface area contributed by atoms with E-state index in [0.29, 0.717) is 5.69 Å². The highest BCUT2D eigenvalue weighted by molar-refractivity contribution is 6.03. The lowest BCUT2D eigenvalue weighted by Gasteiger charge is -2.50. The average Bonchev–Trinajstić information content (AvgIpc) is 2.79. The molecule has 0 unspecified atom stereocenters. The minimum absolute atomic E-state index is 0.00824. The maximum Gasteiger partial charge on any atom is 0.388 e. The molecule has 0 atom stereocenters. The number of nitrogens with one attached hydrogen (secondary N) is 1. The Hall–Kier alpha value is -3.56. The largest absolute Gasteiger partial charge is 0.469 e. The molecule has 0 spiro atoms. The van der Waals surface area contributed by atoms with Crippen molar-refractivity contribution in [2.45, 2.75) is 59.0 Å². The summed E-state index contributed by atoms with van der Waals surface area (Å²) in [6.07, 6.45) is -0.0859. The van der Waals surface area contributed by atoms with E-state index in [1.165, 1.54) is 18.1 Å². The maximum atomic E-state index is 13.8. The SMILES string of the molecule is COC(=O)C(C)(C)CC(=O)N1CC(C(=O)Nc2ccc(C)nc2OC(F)F)(c2ccccc2C(C)C)C1. The summed E-state index contributed by atoms with van der Waals surface area (Å²) < 4.78 is 35.3. The molecule has 1 aromatic carbocycles. The van der Waals surface area contributed by atoms with Crippen molar-refractivity contribution < 1.29 is 32.6 Å². The van der Waals surface area contributed by atoms with E-state index < -0.39 is 29.3 Å². The van der Waals surface area contributed by atoms with Gasteiger partial charge in [0.05, 0.1) is 12.5 Å². The van der Waals surface area contributed by atoms with Gasteiger partial charge in [-0.3, -0.25) is 14.4 Å². The Morgan fingerprint density at radius 3 is 2.38 bits per heavy atom. The molecule has 3 rings (SSSR count). The Balaban J connectivity index is 1.95. The fraction of sp³-hybridized carbons (Fsp3) is 0.481. The number of ether oxygens (including phenoxy) is 2. The standard InChI is InChI=1S/C27H33F2N3O5/c1-16(2)18-9-7-8-10-19(18)27(14-32(15-27)21(33)13-26(4,5)24(35)36-6)23(34)31-20-12-11-17(3)30-22(20)37-25(28)29/h7-12,16,25H,13-15H2,1-6H3,(H,31,34). The van der Waals surface area contributed by atoms with Gasteiger partial charge in [0.2, 0.25) is 17.7 Å². The van der Waals surface area contributed by atoms with Crippen LogP contribution in [0.15, 0.2) is 36.4 Å². The lowest BCUT2D eigenvalue weighted by Crippen LogP contribution is -2.67. The van der Waals surface area contributed by atoms with Gasteiger partial charge in [0, 0.05) is 25.2 Å². The zero-order valence-corrected chi connectivity index (χ0v) is 21.9. The molecule has 8 nitrogen and oxygen atoms in total. The number of anilines is 1. The highest BCUT2D eigenvalue weighted by atomic mass is 19.3. The number of pyridine rings is 1. The molecule has 2 aromatic rings. The van der Waals surface area contributed by atoms with Crippen LogP contribution in [0.3, 0.4) is 0 Å². The molecule has 0 radical (unpaired) electrons. The number of amides is 2. The number of hydrogen-bond acceptors (Lipinski definition) is 6. The van der Waals surface area contributed by atoms with Gasteiger partial charge in [0.25, 0.3) is 0 Å². The van der Waals surface area contributed by atoms with E-state index in [1.807, 2.05) is 38.1 Å². The van der Waals surface area contributed by atoms with Crippen molar-refractivity contribution in [3.05, 3.63) is 53.2 Å². The van der Waals surface area contributed by atoms with Gasteiger partial charge in [0.1, 0.15) is 11.1 Å². The number of halogens is 2. The number of aryl methyl sites for hydroxylation is 1. The third-order valence-corrected chi connectivity index (χ3v) is 6.59. The van der Waals surface area contributed by atoms with Crippen molar-refractivity contribution in [2.24, 2.45) is 5.41 Å². The minimum Gasteiger partial charge on any atom is -0.469 e. The Morgan fingerprint density at radius 2 is 1.78 bits per heavy atom. The Labute approximate surface area is 215 Å². The first-order chi connectivity index (χ1) is 17.3. The molecule has 1 saturated heterocycles. The predicted octanol–water partition coefficient (Wildman–Crippen LogP) is 4.42. The summed E-state index contributed by atoms with van der Waals surface area (Å²) in [4.78, 5) is 44.5. The molecule has 0 bridgehead atoms. The highest BCUT2D eigenvalue weighted by Crippen LogP contribution is 2.41. The summed E-state index contributed by atoms with van der Waals surface area (Å²) in [7, 11) is 1.27. The molecule has 1 fully saturated rings. The van der Waals surface area contributed by atoms with E-state index in [9.17, 15) is 23.2 Å². The third kappa shape index (κ3) is 5.89. The van der Waals surface area contributed by atoms with Crippen molar-refractivity contribution >= 4 is 23.5 Å². The molecule has 10 heteroatoms. The molecule has 1 aromatic heterocycles. The second-order valence-corrected chi connectivity index (χ2v) is 10.3. The van der Waals surface area contributed by atoms with Crippen molar-refractivity contribution in [1.82, 2.24) is 9.88 Å². The number of hydrogen-bond donors (Lipinski definition) is 1. The molecule has 0 saturated carbocycles. The van der Waals surface area contributed by atoms with Gasteiger partial charge >= 0.3 is 12.6 Å². The van der Waals surface area contributed by atoms with Crippen LogP contribution in [-0.4, -0.2) is 54.5 Å². The average molecular weight is 518 g/mol. The quantitative estimate of drug-likeness (QED) is 0.495. The van der Waals surface area contributed by atoms with Crippen molar-refractivity contribution in [1.29, 1.82) is 0 Å². The molecule has 2 amide bonds. The summed E-state index contributed by atoms with van der Waals surface area (Å²) in [5, 5.41) is 2.71. The second kappa shape index (κ2) is 10.8. The topological polar surface area (TPSA) is 97.8 Å². The van der Waals surface area contributed by atoms with Crippen LogP contribution in [0.1, 0.15) is 56.9 Å². The zero-order chi connectivity index (χ0) is 27.5. The fourth-order valence-electron chi connectivity index (χ4n) is 4.54. The van der Waals surface area contributed by atoms with E-state index in [2.05, 4.69) is 15.0 Å². The van der Waals surface area contributed by atoms with Crippen LogP contribution < -0.4 is 10.1 Å². The first-order valence-corrected chi connectivity index (χ1v) is 12.0. The summed E-state index contributed by atoms with van der Waals surface area (Å²) in [5.74, 6) is -1.57. The van der Waals surface area contributed by atoms with Gasteiger partial charge in [-0.2, -0.15) is 8.78 Å². The number of alkyl halides is 2. The minimum atomic E-state index is -3.12. The van der Waals surface area contributed by atoms with E-state index >= 15 is 0 Å². The van der Waals surface area contributed by atoms with Crippen molar-refractivity contribution in [2.75, 3.05) is 25.5 Å². The molecule has 1 aliphatic rings. The third-order valence-electron chi connectivity index (χ3n) is 6.59. The van der Waals surface area contributed by atoms with Crippen molar-refractivity contribution in [3.63, 3.8) is 0 Å². The summed E-state index contributed by atoms with van der Waals surface area (Å²) in [5.41, 5.74) is -0.0344. The van der Waals surface area contributed by atoms with Gasteiger partial charge < -0.3 is 19.7 Å². The van der Waals surface area contributed by atoms with Gasteiger partial charge in [0.15, 0.2) is 0 Å². The number of benzene rings is 1. The van der Waals surface area contributed by atoms with Crippen LogP contribution in [0.5, 0.6) is 5.88 Å². The lowest BCUT2D eigenvalue weighted by atomic mass is 9.69. The van der Waals surface area contributed by atoms with E-state index in [0.717, 1.165) is 11.1 Å². The molecule has 2 heterocycles. The summed E-state index contributed by atoms with van der Waals surface area (Å²) in [6.45, 7) is 5.88. The van der Waals surface area contributed by atoms with Crippen LogP contribution in [0.25, 0.3) is 0 Å². The normalized spacial score (nSPS) is 14.8. The number of nitrogens with zero attached hydrogens (tertiary/aromatic N) is 2. The van der Waals surface area contributed by atoms with Gasteiger partial charge in [-0.1, -0.05) is 38.1 Å². The number of rotatable bonds is 9. The smallest absolute Gasteiger partial charge is 0.388 e. The van der Waals surface area contributed by atoms with Gasteiger partial charge in [-0.25, -0.2) is 4.98 Å². The second-order valence-electron chi connectivity index (χ2n) is 10.3. The summed E-state index contributed by atoms with van der Waals surface area (Å²) in [6, 6.07) is 10.5. The Bertz CT molecular complexity index is 1180. The number of aromatic nitrogens is 1. The van der Waals surface area contributed by atoms with Crippen LogP contribution in [-0.2, 0) is 24.5 Å². The fourth-order valence-corrected chi connectivity index (χ4v) is 4.54. The molecule has 1 aliphatic heterocycles. The number of esters is 1. The first kappa shape index (κ1) is 28.0. The molecular formula is C27H33F2N3O5. The summed E-state index contributed by atoms with van der Waals surface area (Å²) >= 11 is 0. The van der Waals surface area contributed by atoms with E-state index in [4.69, 9.17) is 4.74 Å². The monoisotopic (exact) mass is 517 g/mol. The molecule has 200 valence electrons. The lowest BCUT2D eigenvalue weighted by molar-refractivity contribution is -0.157. The number of carbonyl (C=O) groups is 3. The van der Waals surface area contributed by atoms with Gasteiger partial charge in [-0.05, 0) is 49.9 Å². The van der Waals surface area contributed by atoms with Gasteiger partial charge in [-0.15, -0.1) is 0 Å². The highest BCUT2D eigenvalue weighted by Gasteiger charge is 2.54. The van der Waals surface area contributed by atoms with Crippen LogP contribution in [0, 0.1) is 12.3 Å². The number of methoxy groups -OCH3 is 1. The van der Waals surface area contributed by atoms with E-state index in [1.54, 1.807) is 26.8 Å². The van der Waals surface area contributed by atoms with Crippen LogP contribution in [0.4, 0.5) is 14.5 Å². The van der Waals surface area contributed by atoms with Crippen molar-refractivity contribution in [3.8, 4) is 5.88 Å². The number of likely N-dealkylation sites (tertiary alicyclic amines) is 1.